The maximum atomic E-state index is 11.8. The lowest BCUT2D eigenvalue weighted by molar-refractivity contribution is -0.118. The second-order valence-corrected chi connectivity index (χ2v) is 4.76. The summed E-state index contributed by atoms with van der Waals surface area (Å²) in [6.07, 6.45) is 5.04. The minimum atomic E-state index is -0.261. The second-order valence-electron chi connectivity index (χ2n) is 4.76. The van der Waals surface area contributed by atoms with Gasteiger partial charge in [0.2, 0.25) is 0 Å². The molecule has 0 radical (unpaired) electrons. The van der Waals surface area contributed by atoms with Crippen LogP contribution in [0.2, 0.25) is 0 Å². The van der Waals surface area contributed by atoms with Gasteiger partial charge in [-0.15, -0.1) is 0 Å². The van der Waals surface area contributed by atoms with E-state index in [1.807, 2.05) is 18.2 Å². The first-order valence-corrected chi connectivity index (χ1v) is 6.82. The van der Waals surface area contributed by atoms with Gasteiger partial charge in [-0.25, -0.2) is 4.98 Å². The number of amides is 2. The van der Waals surface area contributed by atoms with Gasteiger partial charge < -0.3 is 15.4 Å². The van der Waals surface area contributed by atoms with Crippen LogP contribution in [0.4, 0.5) is 5.69 Å². The van der Waals surface area contributed by atoms with Crippen LogP contribution in [-0.4, -0.2) is 34.9 Å². The number of ether oxygens (including phenoxy) is 1. The molecule has 7 nitrogen and oxygen atoms in total. The third-order valence-electron chi connectivity index (χ3n) is 3.17. The minimum absolute atomic E-state index is 0.0422. The number of carbonyl (C=O) groups is 2. The van der Waals surface area contributed by atoms with Gasteiger partial charge in [0, 0.05) is 18.9 Å². The van der Waals surface area contributed by atoms with E-state index in [9.17, 15) is 9.59 Å². The van der Waals surface area contributed by atoms with E-state index in [4.69, 9.17) is 4.74 Å². The number of anilines is 1. The highest BCUT2D eigenvalue weighted by atomic mass is 16.5. The molecule has 2 heterocycles. The fourth-order valence-corrected chi connectivity index (χ4v) is 2.11. The zero-order valence-electron chi connectivity index (χ0n) is 11.7. The summed E-state index contributed by atoms with van der Waals surface area (Å²) in [4.78, 5) is 30.9. The smallest absolute Gasteiger partial charge is 0.271 e. The van der Waals surface area contributed by atoms with E-state index < -0.39 is 0 Å². The number of aromatic nitrogens is 2. The van der Waals surface area contributed by atoms with Crippen molar-refractivity contribution >= 4 is 17.5 Å². The molecule has 0 fully saturated rings. The molecular weight excluding hydrogens is 284 g/mol. The number of fused-ring (bicyclic) bond motifs is 1. The highest BCUT2D eigenvalue weighted by Crippen LogP contribution is 2.28. The molecule has 3 rings (SSSR count). The second kappa shape index (κ2) is 6.21. The Bertz CT molecular complexity index is 703. The van der Waals surface area contributed by atoms with Crippen molar-refractivity contribution in [3.63, 3.8) is 0 Å². The summed E-state index contributed by atoms with van der Waals surface area (Å²) in [5.41, 5.74) is 1.94. The van der Waals surface area contributed by atoms with Crippen LogP contribution in [0.15, 0.2) is 36.8 Å². The molecule has 1 aromatic carbocycles. The van der Waals surface area contributed by atoms with Crippen LogP contribution in [0.25, 0.3) is 0 Å². The summed E-state index contributed by atoms with van der Waals surface area (Å²) in [7, 11) is 0. The number of hydrogen-bond donors (Lipinski definition) is 2. The standard InChI is InChI=1S/C15H14N4O3/c20-14-9-22-13-2-1-10(7-11(13)19-14)3-4-18-15(21)12-8-16-5-6-17-12/h1-2,5-8H,3-4,9H2,(H,18,21)(H,19,20). The molecule has 0 saturated heterocycles. The molecule has 0 unspecified atom stereocenters. The van der Waals surface area contributed by atoms with Crippen molar-refractivity contribution in [1.29, 1.82) is 0 Å². The number of rotatable bonds is 4. The van der Waals surface area contributed by atoms with Crippen LogP contribution in [-0.2, 0) is 11.2 Å². The third kappa shape index (κ3) is 3.20. The highest BCUT2D eigenvalue weighted by Gasteiger charge is 2.15. The first-order chi connectivity index (χ1) is 10.7. The van der Waals surface area contributed by atoms with Crippen LogP contribution in [0, 0.1) is 0 Å². The molecule has 0 atom stereocenters. The van der Waals surface area contributed by atoms with Crippen LogP contribution >= 0.6 is 0 Å². The predicted molar refractivity (Wildman–Crippen MR) is 78.6 cm³/mol. The zero-order chi connectivity index (χ0) is 15.4. The van der Waals surface area contributed by atoms with E-state index in [-0.39, 0.29) is 24.1 Å². The van der Waals surface area contributed by atoms with Gasteiger partial charge in [0.25, 0.3) is 11.8 Å². The Morgan fingerprint density at radius 3 is 3.09 bits per heavy atom. The highest BCUT2D eigenvalue weighted by molar-refractivity contribution is 5.95. The van der Waals surface area contributed by atoms with Crippen molar-refractivity contribution in [1.82, 2.24) is 15.3 Å². The summed E-state index contributed by atoms with van der Waals surface area (Å²) >= 11 is 0. The number of nitrogens with zero attached hydrogens (tertiary/aromatic N) is 2. The lowest BCUT2D eigenvalue weighted by atomic mass is 10.1. The fourth-order valence-electron chi connectivity index (χ4n) is 2.11. The van der Waals surface area contributed by atoms with Gasteiger partial charge in [-0.3, -0.25) is 14.6 Å². The van der Waals surface area contributed by atoms with Crippen LogP contribution in [0.5, 0.6) is 5.75 Å². The van der Waals surface area contributed by atoms with Crippen molar-refractivity contribution in [2.24, 2.45) is 0 Å². The summed E-state index contributed by atoms with van der Waals surface area (Å²) in [5, 5.41) is 5.53. The lowest BCUT2D eigenvalue weighted by Crippen LogP contribution is -2.27. The van der Waals surface area contributed by atoms with Gasteiger partial charge in [0.1, 0.15) is 11.4 Å². The summed E-state index contributed by atoms with van der Waals surface area (Å²) in [6.45, 7) is 0.503. The van der Waals surface area contributed by atoms with Crippen molar-refractivity contribution in [2.45, 2.75) is 6.42 Å². The molecule has 1 aromatic heterocycles. The van der Waals surface area contributed by atoms with Gasteiger partial charge in [-0.2, -0.15) is 0 Å². The van der Waals surface area contributed by atoms with Gasteiger partial charge in [0.15, 0.2) is 6.61 Å². The normalized spacial score (nSPS) is 12.8. The van der Waals surface area contributed by atoms with Gasteiger partial charge >= 0.3 is 0 Å². The van der Waals surface area contributed by atoms with Gasteiger partial charge in [-0.05, 0) is 24.1 Å². The Morgan fingerprint density at radius 1 is 1.36 bits per heavy atom. The molecule has 7 heteroatoms. The Labute approximate surface area is 126 Å². The average Bonchev–Trinajstić information content (AvgIpc) is 2.55. The Morgan fingerprint density at radius 2 is 2.27 bits per heavy atom. The van der Waals surface area contributed by atoms with Crippen LogP contribution in [0.3, 0.4) is 0 Å². The maximum Gasteiger partial charge on any atom is 0.271 e. The summed E-state index contributed by atoms with van der Waals surface area (Å²) in [5.74, 6) is 0.232. The van der Waals surface area contributed by atoms with Crippen molar-refractivity contribution < 1.29 is 14.3 Å². The van der Waals surface area contributed by atoms with Crippen molar-refractivity contribution in [3.8, 4) is 5.75 Å². The maximum absolute atomic E-state index is 11.8. The molecule has 2 amide bonds. The molecule has 2 N–H and O–H groups in total. The molecule has 2 aromatic rings. The van der Waals surface area contributed by atoms with Crippen LogP contribution in [0.1, 0.15) is 16.1 Å². The minimum Gasteiger partial charge on any atom is -0.482 e. The fraction of sp³-hybridized carbons (Fsp3) is 0.200. The topological polar surface area (TPSA) is 93.2 Å². The molecule has 112 valence electrons. The molecule has 1 aliphatic rings. The largest absolute Gasteiger partial charge is 0.482 e. The van der Waals surface area contributed by atoms with E-state index in [2.05, 4.69) is 20.6 Å². The van der Waals surface area contributed by atoms with Gasteiger partial charge in [-0.1, -0.05) is 6.07 Å². The van der Waals surface area contributed by atoms with E-state index in [0.29, 0.717) is 24.4 Å². The first kappa shape index (κ1) is 14.0. The molecule has 0 bridgehead atoms. The average molecular weight is 298 g/mol. The number of benzene rings is 1. The molecule has 22 heavy (non-hydrogen) atoms. The van der Waals surface area contributed by atoms with Crippen molar-refractivity contribution in [2.75, 3.05) is 18.5 Å². The quantitative estimate of drug-likeness (QED) is 0.870. The van der Waals surface area contributed by atoms with Crippen LogP contribution < -0.4 is 15.4 Å². The van der Waals surface area contributed by atoms with Gasteiger partial charge in [0.05, 0.1) is 11.9 Å². The van der Waals surface area contributed by atoms with Crippen molar-refractivity contribution in [3.05, 3.63) is 48.0 Å². The number of nitrogens with one attached hydrogen (secondary N) is 2. The van der Waals surface area contributed by atoms with E-state index >= 15 is 0 Å². The van der Waals surface area contributed by atoms with E-state index in [1.54, 1.807) is 0 Å². The molecule has 0 spiro atoms. The third-order valence-corrected chi connectivity index (χ3v) is 3.17. The predicted octanol–water partition coefficient (Wildman–Crippen LogP) is 0.780. The number of hydrogen-bond acceptors (Lipinski definition) is 5. The number of carbonyl (C=O) groups excluding carboxylic acids is 2. The first-order valence-electron chi connectivity index (χ1n) is 6.82. The molecular formula is C15H14N4O3. The SMILES string of the molecule is O=C1COc2ccc(CCNC(=O)c3cnccn3)cc2N1. The Hall–Kier alpha value is -2.96. The lowest BCUT2D eigenvalue weighted by Gasteiger charge is -2.18. The molecule has 0 saturated carbocycles. The Kier molecular flexibility index (Phi) is 3.95. The zero-order valence-corrected chi connectivity index (χ0v) is 11.7. The summed E-state index contributed by atoms with van der Waals surface area (Å²) in [6, 6.07) is 5.57. The molecule has 1 aliphatic heterocycles. The monoisotopic (exact) mass is 298 g/mol. The van der Waals surface area contributed by atoms with E-state index in [1.165, 1.54) is 18.6 Å². The molecule has 0 aliphatic carbocycles. The Balaban J connectivity index is 1.57. The van der Waals surface area contributed by atoms with E-state index in [0.717, 1.165) is 5.56 Å². The summed E-state index contributed by atoms with van der Waals surface area (Å²) < 4.78 is 5.29.